The van der Waals surface area contributed by atoms with Gasteiger partial charge in [-0.3, -0.25) is 0 Å². The van der Waals surface area contributed by atoms with E-state index in [9.17, 15) is 0 Å². The molecule has 9 nitrogen and oxygen atoms in total. The molecule has 2 aromatic rings. The molecule has 2 aromatic heterocycles. The fourth-order valence-electron chi connectivity index (χ4n) is 1.91. The van der Waals surface area contributed by atoms with Gasteiger partial charge in [0.1, 0.15) is 12.7 Å². The average Bonchev–Trinajstić information content (AvgIpc) is 3.11. The molecule has 0 bridgehead atoms. The first-order valence-electron chi connectivity index (χ1n) is 6.54. The van der Waals surface area contributed by atoms with Crippen molar-refractivity contribution >= 4 is 11.9 Å². The highest BCUT2D eigenvalue weighted by Gasteiger charge is 2.17. The van der Waals surface area contributed by atoms with Gasteiger partial charge in [-0.25, -0.2) is 4.98 Å². The van der Waals surface area contributed by atoms with Gasteiger partial charge in [0.25, 0.3) is 5.95 Å². The molecule has 1 aliphatic heterocycles. The maximum atomic E-state index is 5.33. The molecule has 3 heterocycles. The maximum absolute atomic E-state index is 5.33. The summed E-state index contributed by atoms with van der Waals surface area (Å²) >= 11 is 0. The van der Waals surface area contributed by atoms with Gasteiger partial charge >= 0.3 is 0 Å². The van der Waals surface area contributed by atoms with Crippen molar-refractivity contribution in [1.29, 1.82) is 0 Å². The third kappa shape index (κ3) is 2.82. The van der Waals surface area contributed by atoms with Crippen LogP contribution in [0.25, 0.3) is 5.95 Å². The Morgan fingerprint density at radius 2 is 2.25 bits per heavy atom. The molecular formula is C11H16N8O. The van der Waals surface area contributed by atoms with Gasteiger partial charge in [0, 0.05) is 13.2 Å². The minimum atomic E-state index is 0.232. The molecule has 0 saturated carbocycles. The molecule has 2 N–H and O–H groups in total. The summed E-state index contributed by atoms with van der Waals surface area (Å²) in [5.74, 6) is 1.45. The van der Waals surface area contributed by atoms with Crippen molar-refractivity contribution in [3.05, 3.63) is 12.7 Å². The SMILES string of the molecule is CCNc1nc(NC2CCOC2)nc(-n2cncn2)n1. The molecule has 3 rings (SSSR count). The Labute approximate surface area is 115 Å². The summed E-state index contributed by atoms with van der Waals surface area (Å²) < 4.78 is 6.83. The van der Waals surface area contributed by atoms with Gasteiger partial charge in [-0.1, -0.05) is 0 Å². The molecule has 1 atom stereocenters. The molecule has 0 aromatic carbocycles. The summed E-state index contributed by atoms with van der Waals surface area (Å²) in [5, 5.41) is 10.4. The van der Waals surface area contributed by atoms with Crippen LogP contribution in [0.2, 0.25) is 0 Å². The van der Waals surface area contributed by atoms with E-state index in [1.165, 1.54) is 11.0 Å². The van der Waals surface area contributed by atoms with E-state index in [0.29, 0.717) is 24.5 Å². The van der Waals surface area contributed by atoms with Crippen LogP contribution in [0.4, 0.5) is 11.9 Å². The van der Waals surface area contributed by atoms with Gasteiger partial charge in [0.2, 0.25) is 11.9 Å². The lowest BCUT2D eigenvalue weighted by Gasteiger charge is -2.12. The molecule has 0 amide bonds. The number of ether oxygens (including phenoxy) is 1. The van der Waals surface area contributed by atoms with Crippen LogP contribution in [0.5, 0.6) is 0 Å². The van der Waals surface area contributed by atoms with E-state index in [1.807, 2.05) is 6.92 Å². The number of hydrogen-bond acceptors (Lipinski definition) is 8. The van der Waals surface area contributed by atoms with Crippen molar-refractivity contribution in [2.45, 2.75) is 19.4 Å². The molecular weight excluding hydrogens is 260 g/mol. The van der Waals surface area contributed by atoms with Crippen molar-refractivity contribution in [2.24, 2.45) is 0 Å². The Balaban J connectivity index is 1.87. The predicted octanol–water partition coefficient (Wildman–Crippen LogP) is 0.0849. The second-order valence-electron chi connectivity index (χ2n) is 4.36. The average molecular weight is 276 g/mol. The largest absolute Gasteiger partial charge is 0.379 e. The van der Waals surface area contributed by atoms with Gasteiger partial charge < -0.3 is 15.4 Å². The van der Waals surface area contributed by atoms with E-state index in [4.69, 9.17) is 4.74 Å². The summed E-state index contributed by atoms with van der Waals surface area (Å²) in [6, 6.07) is 0.232. The van der Waals surface area contributed by atoms with Crippen LogP contribution in [-0.2, 0) is 4.74 Å². The topological polar surface area (TPSA) is 103 Å². The highest BCUT2D eigenvalue weighted by Crippen LogP contribution is 2.13. The Morgan fingerprint density at radius 1 is 1.35 bits per heavy atom. The smallest absolute Gasteiger partial charge is 0.258 e. The Bertz CT molecular complexity index is 552. The third-order valence-electron chi connectivity index (χ3n) is 2.85. The third-order valence-corrected chi connectivity index (χ3v) is 2.85. The Kier molecular flexibility index (Phi) is 3.68. The van der Waals surface area contributed by atoms with Crippen molar-refractivity contribution in [3.8, 4) is 5.95 Å². The van der Waals surface area contributed by atoms with Crippen LogP contribution in [0.1, 0.15) is 13.3 Å². The molecule has 106 valence electrons. The van der Waals surface area contributed by atoms with Gasteiger partial charge in [-0.15, -0.1) is 0 Å². The number of aromatic nitrogens is 6. The zero-order valence-corrected chi connectivity index (χ0v) is 11.2. The summed E-state index contributed by atoms with van der Waals surface area (Å²) in [7, 11) is 0. The first kappa shape index (κ1) is 12.7. The van der Waals surface area contributed by atoms with Crippen LogP contribution in [0.15, 0.2) is 12.7 Å². The number of nitrogens with one attached hydrogen (secondary N) is 2. The van der Waals surface area contributed by atoms with Crippen LogP contribution in [0, 0.1) is 0 Å². The minimum Gasteiger partial charge on any atom is -0.379 e. The fraction of sp³-hybridized carbons (Fsp3) is 0.545. The van der Waals surface area contributed by atoms with Gasteiger partial charge in [-0.2, -0.15) is 24.7 Å². The second kappa shape index (κ2) is 5.78. The molecule has 9 heteroatoms. The molecule has 1 fully saturated rings. The molecule has 1 unspecified atom stereocenters. The van der Waals surface area contributed by atoms with Gasteiger partial charge in [-0.05, 0) is 13.3 Å². The number of rotatable bonds is 5. The zero-order chi connectivity index (χ0) is 13.8. The van der Waals surface area contributed by atoms with Gasteiger partial charge in [0.15, 0.2) is 0 Å². The first-order chi connectivity index (χ1) is 9.85. The Morgan fingerprint density at radius 3 is 2.95 bits per heavy atom. The first-order valence-corrected chi connectivity index (χ1v) is 6.54. The Hall–Kier alpha value is -2.29. The van der Waals surface area contributed by atoms with Crippen molar-refractivity contribution < 1.29 is 4.74 Å². The quantitative estimate of drug-likeness (QED) is 0.791. The molecule has 1 saturated heterocycles. The maximum Gasteiger partial charge on any atom is 0.258 e. The lowest BCUT2D eigenvalue weighted by molar-refractivity contribution is 0.195. The lowest BCUT2D eigenvalue weighted by Crippen LogP contribution is -2.22. The highest BCUT2D eigenvalue weighted by atomic mass is 16.5. The summed E-state index contributed by atoms with van der Waals surface area (Å²) in [5.41, 5.74) is 0. The molecule has 1 aliphatic rings. The number of nitrogens with zero attached hydrogens (tertiary/aromatic N) is 6. The number of hydrogen-bond donors (Lipinski definition) is 2. The van der Waals surface area contributed by atoms with Crippen LogP contribution in [-0.4, -0.2) is 55.5 Å². The van der Waals surface area contributed by atoms with E-state index >= 15 is 0 Å². The zero-order valence-electron chi connectivity index (χ0n) is 11.2. The molecule has 0 radical (unpaired) electrons. The van der Waals surface area contributed by atoms with Gasteiger partial charge in [0.05, 0.1) is 12.6 Å². The van der Waals surface area contributed by atoms with E-state index in [2.05, 4.69) is 35.7 Å². The lowest BCUT2D eigenvalue weighted by atomic mass is 10.3. The monoisotopic (exact) mass is 276 g/mol. The van der Waals surface area contributed by atoms with E-state index in [1.54, 1.807) is 6.33 Å². The molecule has 0 spiro atoms. The summed E-state index contributed by atoms with van der Waals surface area (Å²) in [4.78, 5) is 16.9. The normalized spacial score (nSPS) is 18.1. The van der Waals surface area contributed by atoms with Crippen LogP contribution in [0.3, 0.4) is 0 Å². The highest BCUT2D eigenvalue weighted by molar-refractivity contribution is 5.38. The minimum absolute atomic E-state index is 0.232. The van der Waals surface area contributed by atoms with Crippen molar-refractivity contribution in [3.63, 3.8) is 0 Å². The second-order valence-corrected chi connectivity index (χ2v) is 4.36. The molecule has 20 heavy (non-hydrogen) atoms. The van der Waals surface area contributed by atoms with E-state index in [0.717, 1.165) is 19.6 Å². The number of anilines is 2. The van der Waals surface area contributed by atoms with Crippen molar-refractivity contribution in [2.75, 3.05) is 30.4 Å². The molecule has 0 aliphatic carbocycles. The van der Waals surface area contributed by atoms with Crippen LogP contribution >= 0.6 is 0 Å². The van der Waals surface area contributed by atoms with Crippen LogP contribution < -0.4 is 10.6 Å². The van der Waals surface area contributed by atoms with E-state index < -0.39 is 0 Å². The predicted molar refractivity (Wildman–Crippen MR) is 71.8 cm³/mol. The van der Waals surface area contributed by atoms with Crippen molar-refractivity contribution in [1.82, 2.24) is 29.7 Å². The summed E-state index contributed by atoms with van der Waals surface area (Å²) in [6.45, 7) is 4.14. The van der Waals surface area contributed by atoms with E-state index in [-0.39, 0.29) is 6.04 Å². The summed E-state index contributed by atoms with van der Waals surface area (Å²) in [6.07, 6.45) is 3.93. The standard InChI is InChI=1S/C11H16N8O/c1-2-13-9-16-10(15-8-3-4-20-5-8)18-11(17-9)19-7-12-6-14-19/h6-8H,2-5H2,1H3,(H2,13,15,16,17,18). The fourth-order valence-corrected chi connectivity index (χ4v) is 1.91.